The van der Waals surface area contributed by atoms with E-state index in [4.69, 9.17) is 13.9 Å². The summed E-state index contributed by atoms with van der Waals surface area (Å²) >= 11 is 0. The van der Waals surface area contributed by atoms with Crippen molar-refractivity contribution in [1.82, 2.24) is 4.57 Å². The van der Waals surface area contributed by atoms with Gasteiger partial charge >= 0.3 is 5.76 Å². The predicted octanol–water partition coefficient (Wildman–Crippen LogP) is 2.76. The number of benzene rings is 2. The molecule has 0 saturated heterocycles. The van der Waals surface area contributed by atoms with Crippen molar-refractivity contribution in [3.63, 3.8) is 0 Å². The number of aryl methyl sites for hydroxylation is 1. The van der Waals surface area contributed by atoms with Crippen LogP contribution in [0, 0.1) is 10.1 Å². The van der Waals surface area contributed by atoms with Gasteiger partial charge in [0.2, 0.25) is 6.79 Å². The first kappa shape index (κ1) is 17.0. The Bertz CT molecular complexity index is 1070. The van der Waals surface area contributed by atoms with Crippen molar-refractivity contribution in [3.05, 3.63) is 57.1 Å². The van der Waals surface area contributed by atoms with E-state index in [0.717, 1.165) is 11.4 Å². The maximum atomic E-state index is 12.1. The third-order valence-electron chi connectivity index (χ3n) is 4.53. The number of anilines is 1. The standard InChI is InChI=1S/C18H17N3O6/c1-19(12-3-6-16-17(10-12)26-11-25-16)7-2-8-20-14-9-13(21(23)24)4-5-15(14)27-18(20)22/h3-6,9-10H,2,7-8,11H2,1H3. The van der Waals surface area contributed by atoms with E-state index < -0.39 is 10.7 Å². The number of aromatic nitrogens is 1. The van der Waals surface area contributed by atoms with Gasteiger partial charge in [-0.3, -0.25) is 14.7 Å². The molecule has 0 aliphatic carbocycles. The quantitative estimate of drug-likeness (QED) is 0.485. The summed E-state index contributed by atoms with van der Waals surface area (Å²) < 4.78 is 17.3. The summed E-state index contributed by atoms with van der Waals surface area (Å²) in [6, 6.07) is 9.84. The molecule has 0 N–H and O–H groups in total. The zero-order chi connectivity index (χ0) is 19.0. The average Bonchev–Trinajstić information content (AvgIpc) is 3.24. The molecule has 140 valence electrons. The molecule has 0 unspecified atom stereocenters. The van der Waals surface area contributed by atoms with Crippen LogP contribution in [-0.2, 0) is 6.54 Å². The molecule has 0 spiro atoms. The van der Waals surface area contributed by atoms with E-state index in [0.29, 0.717) is 36.4 Å². The Labute approximate surface area is 153 Å². The molecule has 0 atom stereocenters. The van der Waals surface area contributed by atoms with Crippen molar-refractivity contribution in [3.8, 4) is 11.5 Å². The van der Waals surface area contributed by atoms with E-state index in [-0.39, 0.29) is 12.5 Å². The van der Waals surface area contributed by atoms with E-state index in [9.17, 15) is 14.9 Å². The summed E-state index contributed by atoms with van der Waals surface area (Å²) in [6.45, 7) is 1.29. The Morgan fingerprint density at radius 2 is 2.00 bits per heavy atom. The molecule has 0 bridgehead atoms. The largest absolute Gasteiger partial charge is 0.454 e. The van der Waals surface area contributed by atoms with Crippen LogP contribution in [0.1, 0.15) is 6.42 Å². The van der Waals surface area contributed by atoms with Gasteiger partial charge in [0, 0.05) is 44.0 Å². The lowest BCUT2D eigenvalue weighted by Gasteiger charge is -2.19. The molecule has 1 aromatic heterocycles. The van der Waals surface area contributed by atoms with Crippen molar-refractivity contribution in [2.45, 2.75) is 13.0 Å². The summed E-state index contributed by atoms with van der Waals surface area (Å²) in [5, 5.41) is 11.0. The number of nitro benzene ring substituents is 1. The van der Waals surface area contributed by atoms with E-state index in [2.05, 4.69) is 0 Å². The summed E-state index contributed by atoms with van der Waals surface area (Å²) in [5.74, 6) is 0.921. The number of hydrogen-bond acceptors (Lipinski definition) is 7. The monoisotopic (exact) mass is 371 g/mol. The number of non-ortho nitro benzene ring substituents is 1. The average molecular weight is 371 g/mol. The lowest BCUT2D eigenvalue weighted by molar-refractivity contribution is -0.384. The maximum absolute atomic E-state index is 12.1. The summed E-state index contributed by atoms with van der Waals surface area (Å²) in [4.78, 5) is 24.6. The molecule has 9 nitrogen and oxygen atoms in total. The highest BCUT2D eigenvalue weighted by Crippen LogP contribution is 2.35. The minimum absolute atomic E-state index is 0.0745. The number of fused-ring (bicyclic) bond motifs is 2. The van der Waals surface area contributed by atoms with E-state index in [1.807, 2.05) is 30.1 Å². The third-order valence-corrected chi connectivity index (χ3v) is 4.53. The SMILES string of the molecule is CN(CCCn1c(=O)oc2ccc([N+](=O)[O-])cc21)c1ccc2c(c1)OCO2. The lowest BCUT2D eigenvalue weighted by atomic mass is 10.2. The van der Waals surface area contributed by atoms with Gasteiger partial charge in [-0.15, -0.1) is 0 Å². The zero-order valence-electron chi connectivity index (χ0n) is 14.6. The third kappa shape index (κ3) is 3.19. The molecule has 0 saturated carbocycles. The van der Waals surface area contributed by atoms with Gasteiger partial charge in [0.25, 0.3) is 5.69 Å². The first-order chi connectivity index (χ1) is 13.0. The number of rotatable bonds is 6. The molecular weight excluding hydrogens is 354 g/mol. The van der Waals surface area contributed by atoms with Crippen molar-refractivity contribution >= 4 is 22.5 Å². The molecule has 4 rings (SSSR count). The number of oxazole rings is 1. The fourth-order valence-corrected chi connectivity index (χ4v) is 3.09. The molecular formula is C18H17N3O6. The van der Waals surface area contributed by atoms with E-state index >= 15 is 0 Å². The van der Waals surface area contributed by atoms with Crippen LogP contribution in [0.5, 0.6) is 11.5 Å². The normalized spacial score (nSPS) is 12.5. The minimum atomic E-state index is -0.517. The Hall–Kier alpha value is -3.49. The fraction of sp³-hybridized carbons (Fsp3) is 0.278. The van der Waals surface area contributed by atoms with Crippen LogP contribution in [0.2, 0.25) is 0 Å². The van der Waals surface area contributed by atoms with Gasteiger partial charge < -0.3 is 18.8 Å². The van der Waals surface area contributed by atoms with Crippen LogP contribution in [0.15, 0.2) is 45.6 Å². The molecule has 3 aromatic rings. The number of ether oxygens (including phenoxy) is 2. The van der Waals surface area contributed by atoms with Crippen LogP contribution in [0.25, 0.3) is 11.1 Å². The molecule has 9 heteroatoms. The van der Waals surface area contributed by atoms with Gasteiger partial charge in [0.05, 0.1) is 10.4 Å². The second kappa shape index (κ2) is 6.67. The smallest absolute Gasteiger partial charge is 0.419 e. The first-order valence-electron chi connectivity index (χ1n) is 8.41. The molecule has 1 aliphatic heterocycles. The number of nitro groups is 1. The molecule has 0 amide bonds. The van der Waals surface area contributed by atoms with Crippen molar-refractivity contribution in [1.29, 1.82) is 0 Å². The number of hydrogen-bond donors (Lipinski definition) is 0. The molecule has 2 aromatic carbocycles. The second-order valence-electron chi connectivity index (χ2n) is 6.24. The van der Waals surface area contributed by atoms with Gasteiger partial charge in [-0.1, -0.05) is 0 Å². The summed E-state index contributed by atoms with van der Waals surface area (Å²) in [5.41, 5.74) is 1.67. The zero-order valence-corrected chi connectivity index (χ0v) is 14.6. The Morgan fingerprint density at radius 3 is 2.81 bits per heavy atom. The van der Waals surface area contributed by atoms with Crippen LogP contribution < -0.4 is 20.1 Å². The highest BCUT2D eigenvalue weighted by Gasteiger charge is 2.16. The molecule has 2 heterocycles. The Kier molecular flexibility index (Phi) is 4.19. The highest BCUT2D eigenvalue weighted by molar-refractivity contribution is 5.75. The molecule has 0 fully saturated rings. The molecule has 27 heavy (non-hydrogen) atoms. The lowest BCUT2D eigenvalue weighted by Crippen LogP contribution is -2.22. The summed E-state index contributed by atoms with van der Waals surface area (Å²) in [7, 11) is 1.94. The predicted molar refractivity (Wildman–Crippen MR) is 97.6 cm³/mol. The van der Waals surface area contributed by atoms with Crippen LogP contribution >= 0.6 is 0 Å². The van der Waals surface area contributed by atoms with Crippen LogP contribution in [0.3, 0.4) is 0 Å². The molecule has 0 radical (unpaired) electrons. The number of nitrogens with zero attached hydrogens (tertiary/aromatic N) is 3. The summed E-state index contributed by atoms with van der Waals surface area (Å²) in [6.07, 6.45) is 0.655. The Balaban J connectivity index is 1.47. The van der Waals surface area contributed by atoms with Crippen molar-refractivity contribution in [2.75, 3.05) is 25.3 Å². The van der Waals surface area contributed by atoms with Gasteiger partial charge in [0.15, 0.2) is 17.1 Å². The van der Waals surface area contributed by atoms with Gasteiger partial charge in [0.1, 0.15) is 0 Å². The highest BCUT2D eigenvalue weighted by atomic mass is 16.7. The van der Waals surface area contributed by atoms with Crippen molar-refractivity contribution in [2.24, 2.45) is 0 Å². The topological polar surface area (TPSA) is 100.0 Å². The van der Waals surface area contributed by atoms with E-state index in [1.54, 1.807) is 0 Å². The first-order valence-corrected chi connectivity index (χ1v) is 8.41. The maximum Gasteiger partial charge on any atom is 0.419 e. The minimum Gasteiger partial charge on any atom is -0.454 e. The second-order valence-corrected chi connectivity index (χ2v) is 6.24. The van der Waals surface area contributed by atoms with Gasteiger partial charge in [-0.05, 0) is 24.6 Å². The van der Waals surface area contributed by atoms with Crippen molar-refractivity contribution < 1.29 is 18.8 Å². The Morgan fingerprint density at radius 1 is 1.19 bits per heavy atom. The van der Waals surface area contributed by atoms with Crippen LogP contribution in [-0.4, -0.2) is 29.9 Å². The molecule has 1 aliphatic rings. The van der Waals surface area contributed by atoms with Crippen LogP contribution in [0.4, 0.5) is 11.4 Å². The van der Waals surface area contributed by atoms with Gasteiger partial charge in [-0.25, -0.2) is 4.79 Å². The van der Waals surface area contributed by atoms with Gasteiger partial charge in [-0.2, -0.15) is 0 Å². The van der Waals surface area contributed by atoms with E-state index in [1.165, 1.54) is 22.8 Å². The fourth-order valence-electron chi connectivity index (χ4n) is 3.09.